The van der Waals surface area contributed by atoms with Crippen LogP contribution in [0.4, 0.5) is 11.4 Å². The van der Waals surface area contributed by atoms with Crippen LogP contribution in [0.1, 0.15) is 24.1 Å². The number of fused-ring (bicyclic) bond motifs is 2. The summed E-state index contributed by atoms with van der Waals surface area (Å²) in [7, 11) is 0. The monoisotopic (exact) mass is 377 g/mol. The smallest absolute Gasteiger partial charge is 0.0731 e. The van der Waals surface area contributed by atoms with E-state index >= 15 is 0 Å². The number of aromatic nitrogens is 1. The van der Waals surface area contributed by atoms with Crippen LogP contribution in [-0.4, -0.2) is 17.9 Å². The molecule has 0 atom stereocenters. The van der Waals surface area contributed by atoms with Crippen LogP contribution in [0.3, 0.4) is 0 Å². The highest BCUT2D eigenvalue weighted by Crippen LogP contribution is 2.26. The van der Waals surface area contributed by atoms with E-state index in [0.717, 1.165) is 49.9 Å². The SMILES string of the molecule is C.C=Cc1cc(C=C)cc(C=Nc2ccc3cc4ccc(N=C)cc4nc3c2)c1. The van der Waals surface area contributed by atoms with Crippen molar-refractivity contribution in [2.24, 2.45) is 9.98 Å². The molecular weight excluding hydrogens is 354 g/mol. The number of rotatable bonds is 5. The van der Waals surface area contributed by atoms with E-state index in [9.17, 15) is 0 Å². The van der Waals surface area contributed by atoms with Gasteiger partial charge in [0.2, 0.25) is 0 Å². The second-order valence-electron chi connectivity index (χ2n) is 6.50. The summed E-state index contributed by atoms with van der Waals surface area (Å²) in [6, 6.07) is 20.2. The second-order valence-corrected chi connectivity index (χ2v) is 6.50. The summed E-state index contributed by atoms with van der Waals surface area (Å²) in [5.74, 6) is 0. The van der Waals surface area contributed by atoms with Gasteiger partial charge < -0.3 is 0 Å². The van der Waals surface area contributed by atoms with Crippen LogP contribution in [0.2, 0.25) is 0 Å². The first-order chi connectivity index (χ1) is 13.7. The summed E-state index contributed by atoms with van der Waals surface area (Å²) in [6.07, 6.45) is 5.49. The van der Waals surface area contributed by atoms with E-state index in [1.807, 2.05) is 73.0 Å². The van der Waals surface area contributed by atoms with Crippen molar-refractivity contribution < 1.29 is 0 Å². The van der Waals surface area contributed by atoms with Gasteiger partial charge in [-0.05, 0) is 71.9 Å². The lowest BCUT2D eigenvalue weighted by atomic mass is 10.1. The maximum Gasteiger partial charge on any atom is 0.0731 e. The Morgan fingerprint density at radius 1 is 0.690 bits per heavy atom. The molecule has 0 amide bonds. The average Bonchev–Trinajstić information content (AvgIpc) is 2.75. The molecule has 0 bridgehead atoms. The van der Waals surface area contributed by atoms with E-state index in [1.165, 1.54) is 0 Å². The molecule has 0 fully saturated rings. The van der Waals surface area contributed by atoms with Crippen LogP contribution in [0.5, 0.6) is 0 Å². The van der Waals surface area contributed by atoms with Gasteiger partial charge in [-0.3, -0.25) is 9.98 Å². The van der Waals surface area contributed by atoms with Crippen LogP contribution in [0.15, 0.2) is 83.8 Å². The van der Waals surface area contributed by atoms with Gasteiger partial charge >= 0.3 is 0 Å². The molecule has 1 heterocycles. The summed E-state index contributed by atoms with van der Waals surface area (Å²) in [5, 5.41) is 2.16. The number of hydrogen-bond donors (Lipinski definition) is 0. The van der Waals surface area contributed by atoms with Gasteiger partial charge in [0, 0.05) is 17.0 Å². The summed E-state index contributed by atoms with van der Waals surface area (Å²) >= 11 is 0. The zero-order valence-corrected chi connectivity index (χ0v) is 15.5. The molecule has 0 saturated heterocycles. The number of aliphatic imine (C=N–C) groups is 2. The van der Waals surface area contributed by atoms with Crippen molar-refractivity contribution in [2.45, 2.75) is 7.43 Å². The van der Waals surface area contributed by atoms with Crippen LogP contribution >= 0.6 is 0 Å². The molecule has 3 aromatic carbocycles. The van der Waals surface area contributed by atoms with E-state index in [4.69, 9.17) is 4.98 Å². The van der Waals surface area contributed by atoms with Gasteiger partial charge in [-0.25, -0.2) is 4.98 Å². The normalized spacial score (nSPS) is 10.8. The average molecular weight is 377 g/mol. The van der Waals surface area contributed by atoms with Crippen molar-refractivity contribution in [3.05, 3.63) is 90.5 Å². The Morgan fingerprint density at radius 3 is 1.83 bits per heavy atom. The molecule has 0 aliphatic carbocycles. The highest BCUT2D eigenvalue weighted by Gasteiger charge is 2.02. The fourth-order valence-corrected chi connectivity index (χ4v) is 3.14. The molecule has 0 spiro atoms. The highest BCUT2D eigenvalue weighted by molar-refractivity contribution is 5.95. The van der Waals surface area contributed by atoms with Gasteiger partial charge in [0.1, 0.15) is 0 Å². The number of benzene rings is 3. The van der Waals surface area contributed by atoms with Gasteiger partial charge in [-0.1, -0.05) is 44.9 Å². The lowest BCUT2D eigenvalue weighted by molar-refractivity contribution is 1.46. The molecule has 0 unspecified atom stereocenters. The lowest BCUT2D eigenvalue weighted by Crippen LogP contribution is -1.86. The van der Waals surface area contributed by atoms with E-state index in [1.54, 1.807) is 0 Å². The van der Waals surface area contributed by atoms with Crippen LogP contribution in [-0.2, 0) is 0 Å². The third-order valence-corrected chi connectivity index (χ3v) is 4.60. The predicted molar refractivity (Wildman–Crippen MR) is 129 cm³/mol. The van der Waals surface area contributed by atoms with Crippen LogP contribution < -0.4 is 0 Å². The maximum atomic E-state index is 4.77. The minimum absolute atomic E-state index is 0. The first-order valence-electron chi connectivity index (χ1n) is 8.94. The summed E-state index contributed by atoms with van der Waals surface area (Å²) in [6.45, 7) is 11.3. The van der Waals surface area contributed by atoms with Gasteiger partial charge in [0.15, 0.2) is 0 Å². The number of nitrogens with zero attached hydrogens (tertiary/aromatic N) is 3. The van der Waals surface area contributed by atoms with Crippen molar-refractivity contribution in [3.8, 4) is 0 Å². The first-order valence-corrected chi connectivity index (χ1v) is 8.94. The molecule has 4 aromatic rings. The molecule has 142 valence electrons. The Kier molecular flexibility index (Phi) is 5.79. The molecular formula is C26H23N3. The molecule has 29 heavy (non-hydrogen) atoms. The van der Waals surface area contributed by atoms with Crippen LogP contribution in [0.25, 0.3) is 34.0 Å². The van der Waals surface area contributed by atoms with E-state index in [2.05, 4.69) is 35.9 Å². The van der Waals surface area contributed by atoms with Crippen molar-refractivity contribution in [3.63, 3.8) is 0 Å². The third-order valence-electron chi connectivity index (χ3n) is 4.60. The van der Waals surface area contributed by atoms with Gasteiger partial charge in [0.05, 0.1) is 22.4 Å². The molecule has 0 saturated carbocycles. The minimum atomic E-state index is 0. The molecule has 1 aromatic heterocycles. The Balaban J connectivity index is 0.00000240. The quantitative estimate of drug-likeness (QED) is 0.264. The van der Waals surface area contributed by atoms with Gasteiger partial charge in [-0.2, -0.15) is 0 Å². The third kappa shape index (κ3) is 4.19. The molecule has 0 radical (unpaired) electrons. The first kappa shape index (κ1) is 19.9. The molecule has 0 N–H and O–H groups in total. The van der Waals surface area contributed by atoms with Gasteiger partial charge in [-0.15, -0.1) is 0 Å². The van der Waals surface area contributed by atoms with E-state index in [0.29, 0.717) is 0 Å². The van der Waals surface area contributed by atoms with E-state index in [-0.39, 0.29) is 7.43 Å². The van der Waals surface area contributed by atoms with Crippen molar-refractivity contribution in [1.29, 1.82) is 0 Å². The summed E-state index contributed by atoms with van der Waals surface area (Å²) < 4.78 is 0. The van der Waals surface area contributed by atoms with Crippen molar-refractivity contribution in [2.75, 3.05) is 0 Å². The topological polar surface area (TPSA) is 37.6 Å². The zero-order chi connectivity index (χ0) is 19.5. The Labute approximate surface area is 171 Å². The number of pyridine rings is 1. The van der Waals surface area contributed by atoms with Crippen molar-refractivity contribution >= 4 is 58.3 Å². The van der Waals surface area contributed by atoms with E-state index < -0.39 is 0 Å². The lowest BCUT2D eigenvalue weighted by Gasteiger charge is -2.04. The predicted octanol–water partition coefficient (Wildman–Crippen LogP) is 7.39. The fourth-order valence-electron chi connectivity index (χ4n) is 3.14. The Morgan fingerprint density at radius 2 is 1.24 bits per heavy atom. The molecule has 0 aliphatic rings. The molecule has 3 heteroatoms. The summed E-state index contributed by atoms with van der Waals surface area (Å²) in [5.41, 5.74) is 6.54. The Bertz CT molecular complexity index is 1240. The van der Waals surface area contributed by atoms with Gasteiger partial charge in [0.25, 0.3) is 0 Å². The standard InChI is InChI=1S/C25H19N3.CH4/c1-4-17-10-18(5-2)12-19(11-17)16-27-23-9-7-21-13-20-6-8-22(26-3)14-24(20)28-25(21)15-23;/h4-16H,1-3H2;1H4. The Hall–Kier alpha value is -3.85. The fraction of sp³-hybridized carbons (Fsp3) is 0.0385. The van der Waals surface area contributed by atoms with Crippen molar-refractivity contribution in [1.82, 2.24) is 4.98 Å². The largest absolute Gasteiger partial charge is 0.265 e. The maximum absolute atomic E-state index is 4.77. The number of hydrogen-bond acceptors (Lipinski definition) is 3. The zero-order valence-electron chi connectivity index (χ0n) is 15.5. The summed E-state index contributed by atoms with van der Waals surface area (Å²) in [4.78, 5) is 13.4. The molecule has 0 aliphatic heterocycles. The highest BCUT2D eigenvalue weighted by atomic mass is 14.7. The van der Waals surface area contributed by atoms with Crippen LogP contribution in [0, 0.1) is 0 Å². The molecule has 3 nitrogen and oxygen atoms in total. The second kappa shape index (κ2) is 8.44. The minimum Gasteiger partial charge on any atom is -0.265 e. The molecule has 4 rings (SSSR count).